The standard InChI is InChI=1S/C25H28N6O2/c1-19(20-8-3-2-4-9-20)28-24(33)21-10-5-6-11-22(21)29-23(32)18-30-14-16-31(17-15-30)25-26-12-7-13-27-25/h2-13,19H,14-18H2,1H3,(H,28,33)(H,29,32). The smallest absolute Gasteiger partial charge is 0.253 e. The van der Waals surface area contributed by atoms with Gasteiger partial charge in [-0.25, -0.2) is 9.97 Å². The third-order valence-corrected chi connectivity index (χ3v) is 5.67. The molecule has 1 fully saturated rings. The van der Waals surface area contributed by atoms with Crippen LogP contribution in [0.25, 0.3) is 0 Å². The van der Waals surface area contributed by atoms with Crippen molar-refractivity contribution in [1.82, 2.24) is 20.2 Å². The van der Waals surface area contributed by atoms with Crippen molar-refractivity contribution in [1.29, 1.82) is 0 Å². The number of carbonyl (C=O) groups excluding carboxylic acids is 2. The van der Waals surface area contributed by atoms with E-state index in [1.807, 2.05) is 43.3 Å². The highest BCUT2D eigenvalue weighted by molar-refractivity contribution is 6.04. The molecule has 3 aromatic rings. The third-order valence-electron chi connectivity index (χ3n) is 5.67. The summed E-state index contributed by atoms with van der Waals surface area (Å²) in [6.07, 6.45) is 3.46. The van der Waals surface area contributed by atoms with Crippen molar-refractivity contribution in [2.24, 2.45) is 0 Å². The Hall–Kier alpha value is -3.78. The molecule has 1 aromatic heterocycles. The number of benzene rings is 2. The number of piperazine rings is 1. The van der Waals surface area contributed by atoms with Crippen LogP contribution in [0.1, 0.15) is 28.9 Å². The molecule has 0 bridgehead atoms. The van der Waals surface area contributed by atoms with Crippen LogP contribution in [-0.2, 0) is 4.79 Å². The molecule has 33 heavy (non-hydrogen) atoms. The lowest BCUT2D eigenvalue weighted by molar-refractivity contribution is -0.117. The van der Waals surface area contributed by atoms with E-state index >= 15 is 0 Å². The maximum atomic E-state index is 12.9. The van der Waals surface area contributed by atoms with Gasteiger partial charge >= 0.3 is 0 Å². The molecule has 2 aromatic carbocycles. The summed E-state index contributed by atoms with van der Waals surface area (Å²) in [6, 6.07) is 18.5. The minimum absolute atomic E-state index is 0.143. The van der Waals surface area contributed by atoms with E-state index in [0.29, 0.717) is 17.2 Å². The number of anilines is 2. The first-order chi connectivity index (χ1) is 16.1. The topological polar surface area (TPSA) is 90.5 Å². The van der Waals surface area contributed by atoms with Crippen LogP contribution < -0.4 is 15.5 Å². The molecule has 0 aliphatic carbocycles. The lowest BCUT2D eigenvalue weighted by Crippen LogP contribution is -2.49. The fourth-order valence-corrected chi connectivity index (χ4v) is 3.84. The minimum Gasteiger partial charge on any atom is -0.345 e. The summed E-state index contributed by atoms with van der Waals surface area (Å²) in [5.41, 5.74) is 1.98. The fraction of sp³-hybridized carbons (Fsp3) is 0.280. The quantitative estimate of drug-likeness (QED) is 0.582. The van der Waals surface area contributed by atoms with Crippen molar-refractivity contribution in [3.05, 3.63) is 84.2 Å². The molecule has 0 radical (unpaired) electrons. The SMILES string of the molecule is CC(NC(=O)c1ccccc1NC(=O)CN1CCN(c2ncccn2)CC1)c1ccccc1. The van der Waals surface area contributed by atoms with Crippen LogP contribution in [0, 0.1) is 0 Å². The average molecular weight is 445 g/mol. The van der Waals surface area contributed by atoms with Gasteiger partial charge in [0.15, 0.2) is 0 Å². The molecule has 0 spiro atoms. The van der Waals surface area contributed by atoms with E-state index in [0.717, 1.165) is 31.7 Å². The second-order valence-corrected chi connectivity index (χ2v) is 8.01. The Morgan fingerprint density at radius 1 is 0.909 bits per heavy atom. The minimum atomic E-state index is -0.223. The Kier molecular flexibility index (Phi) is 7.26. The zero-order valence-electron chi connectivity index (χ0n) is 18.6. The van der Waals surface area contributed by atoms with E-state index < -0.39 is 0 Å². The van der Waals surface area contributed by atoms with Gasteiger partial charge in [0.05, 0.1) is 23.8 Å². The number of rotatable bonds is 7. The van der Waals surface area contributed by atoms with Gasteiger partial charge in [-0.2, -0.15) is 0 Å². The van der Waals surface area contributed by atoms with E-state index in [-0.39, 0.29) is 24.4 Å². The van der Waals surface area contributed by atoms with Crippen molar-refractivity contribution in [3.8, 4) is 0 Å². The van der Waals surface area contributed by atoms with Crippen LogP contribution in [0.3, 0.4) is 0 Å². The maximum absolute atomic E-state index is 12.9. The van der Waals surface area contributed by atoms with Gasteiger partial charge in [0.25, 0.3) is 5.91 Å². The van der Waals surface area contributed by atoms with Crippen molar-refractivity contribution in [3.63, 3.8) is 0 Å². The molecule has 1 aliphatic rings. The van der Waals surface area contributed by atoms with Crippen LogP contribution in [0.15, 0.2) is 73.1 Å². The van der Waals surface area contributed by atoms with Crippen LogP contribution in [-0.4, -0.2) is 59.4 Å². The van der Waals surface area contributed by atoms with E-state index in [2.05, 4.69) is 30.4 Å². The Bertz CT molecular complexity index is 1070. The van der Waals surface area contributed by atoms with Gasteiger partial charge in [0, 0.05) is 38.6 Å². The van der Waals surface area contributed by atoms with Crippen LogP contribution in [0.4, 0.5) is 11.6 Å². The first kappa shape index (κ1) is 22.4. The summed E-state index contributed by atoms with van der Waals surface area (Å²) in [6.45, 7) is 5.19. The predicted molar refractivity (Wildman–Crippen MR) is 128 cm³/mol. The second-order valence-electron chi connectivity index (χ2n) is 8.01. The summed E-state index contributed by atoms with van der Waals surface area (Å²) in [7, 11) is 0. The molecule has 1 atom stereocenters. The first-order valence-electron chi connectivity index (χ1n) is 11.1. The lowest BCUT2D eigenvalue weighted by atomic mass is 10.1. The highest BCUT2D eigenvalue weighted by atomic mass is 16.2. The normalized spacial score (nSPS) is 15.0. The number of carbonyl (C=O) groups is 2. The maximum Gasteiger partial charge on any atom is 0.253 e. The van der Waals surface area contributed by atoms with E-state index in [1.165, 1.54) is 0 Å². The molecule has 1 aliphatic heterocycles. The number of hydrogen-bond donors (Lipinski definition) is 2. The molecule has 1 saturated heterocycles. The van der Waals surface area contributed by atoms with Crippen LogP contribution >= 0.6 is 0 Å². The van der Waals surface area contributed by atoms with Crippen molar-refractivity contribution < 1.29 is 9.59 Å². The number of para-hydroxylation sites is 1. The Morgan fingerprint density at radius 2 is 1.58 bits per heavy atom. The van der Waals surface area contributed by atoms with Crippen LogP contribution in [0.5, 0.6) is 0 Å². The van der Waals surface area contributed by atoms with Gasteiger partial charge in [-0.15, -0.1) is 0 Å². The van der Waals surface area contributed by atoms with Gasteiger partial charge in [-0.1, -0.05) is 42.5 Å². The van der Waals surface area contributed by atoms with Gasteiger partial charge < -0.3 is 15.5 Å². The molecular weight excluding hydrogens is 416 g/mol. The molecule has 1 unspecified atom stereocenters. The molecule has 0 saturated carbocycles. The Labute approximate surface area is 193 Å². The summed E-state index contributed by atoms with van der Waals surface area (Å²) >= 11 is 0. The van der Waals surface area contributed by atoms with E-state index in [1.54, 1.807) is 36.7 Å². The highest BCUT2D eigenvalue weighted by Gasteiger charge is 2.21. The second kappa shape index (κ2) is 10.7. The summed E-state index contributed by atoms with van der Waals surface area (Å²) in [4.78, 5) is 38.4. The third kappa shape index (κ3) is 5.93. The molecule has 8 nitrogen and oxygen atoms in total. The fourth-order valence-electron chi connectivity index (χ4n) is 3.84. The zero-order chi connectivity index (χ0) is 23.0. The summed E-state index contributed by atoms with van der Waals surface area (Å²) in [5, 5.41) is 5.92. The zero-order valence-corrected chi connectivity index (χ0v) is 18.6. The molecular formula is C25H28N6O2. The van der Waals surface area contributed by atoms with Crippen molar-refractivity contribution >= 4 is 23.5 Å². The predicted octanol–water partition coefficient (Wildman–Crippen LogP) is 2.73. The van der Waals surface area contributed by atoms with Gasteiger partial charge in [-0.3, -0.25) is 14.5 Å². The average Bonchev–Trinajstić information content (AvgIpc) is 2.86. The van der Waals surface area contributed by atoms with Gasteiger partial charge in [0.1, 0.15) is 0 Å². The molecule has 8 heteroatoms. The number of amides is 2. The molecule has 2 N–H and O–H groups in total. The molecule has 170 valence electrons. The highest BCUT2D eigenvalue weighted by Crippen LogP contribution is 2.18. The van der Waals surface area contributed by atoms with Gasteiger partial charge in [-0.05, 0) is 30.7 Å². The number of aromatic nitrogens is 2. The van der Waals surface area contributed by atoms with Crippen molar-refractivity contribution in [2.45, 2.75) is 13.0 Å². The first-order valence-corrected chi connectivity index (χ1v) is 11.1. The van der Waals surface area contributed by atoms with Crippen molar-refractivity contribution in [2.75, 3.05) is 42.9 Å². The molecule has 2 amide bonds. The molecule has 2 heterocycles. The summed E-state index contributed by atoms with van der Waals surface area (Å²) in [5.74, 6) is 0.348. The number of nitrogens with zero attached hydrogens (tertiary/aromatic N) is 4. The lowest BCUT2D eigenvalue weighted by Gasteiger charge is -2.34. The van der Waals surface area contributed by atoms with E-state index in [4.69, 9.17) is 0 Å². The van der Waals surface area contributed by atoms with Gasteiger partial charge in [0.2, 0.25) is 11.9 Å². The van der Waals surface area contributed by atoms with E-state index in [9.17, 15) is 9.59 Å². The number of hydrogen-bond acceptors (Lipinski definition) is 6. The number of nitrogens with one attached hydrogen (secondary N) is 2. The largest absolute Gasteiger partial charge is 0.345 e. The summed E-state index contributed by atoms with van der Waals surface area (Å²) < 4.78 is 0. The molecule has 4 rings (SSSR count). The monoisotopic (exact) mass is 444 g/mol. The van der Waals surface area contributed by atoms with Crippen LogP contribution in [0.2, 0.25) is 0 Å². The Balaban J connectivity index is 1.32. The Morgan fingerprint density at radius 3 is 2.30 bits per heavy atom.